The van der Waals surface area contributed by atoms with Crippen LogP contribution in [-0.4, -0.2) is 35.9 Å². The minimum atomic E-state index is -0.660. The summed E-state index contributed by atoms with van der Waals surface area (Å²) in [7, 11) is 0. The van der Waals surface area contributed by atoms with Crippen LogP contribution in [0.1, 0.15) is 23.2 Å². The molecule has 3 rings (SSSR count). The number of pyridine rings is 1. The lowest BCUT2D eigenvalue weighted by Crippen LogP contribution is -2.23. The van der Waals surface area contributed by atoms with Gasteiger partial charge in [-0.3, -0.25) is 9.59 Å². The molecular weight excluding hydrogens is 358 g/mol. The molecule has 0 aliphatic carbocycles. The van der Waals surface area contributed by atoms with E-state index in [1.807, 2.05) is 0 Å². The number of halogens is 1. The molecule has 0 unspecified atom stereocenters. The van der Waals surface area contributed by atoms with E-state index < -0.39 is 18.5 Å². The number of anilines is 2. The maximum absolute atomic E-state index is 11.9. The lowest BCUT2D eigenvalue weighted by atomic mass is 10.2. The molecule has 1 saturated heterocycles. The van der Waals surface area contributed by atoms with Crippen molar-refractivity contribution < 1.29 is 19.1 Å². The molecule has 1 aliphatic heterocycles. The maximum Gasteiger partial charge on any atom is 0.340 e. The van der Waals surface area contributed by atoms with E-state index in [9.17, 15) is 14.4 Å². The molecule has 26 heavy (non-hydrogen) atoms. The van der Waals surface area contributed by atoms with Crippen LogP contribution in [0.5, 0.6) is 0 Å². The molecule has 1 fully saturated rings. The predicted molar refractivity (Wildman–Crippen MR) is 96.2 cm³/mol. The van der Waals surface area contributed by atoms with E-state index in [0.717, 1.165) is 12.1 Å². The molecule has 0 atom stereocenters. The van der Waals surface area contributed by atoms with Crippen LogP contribution in [0.15, 0.2) is 42.6 Å². The van der Waals surface area contributed by atoms with Crippen LogP contribution in [0.25, 0.3) is 0 Å². The fourth-order valence-electron chi connectivity index (χ4n) is 2.55. The molecular formula is C18H16ClN3O4. The van der Waals surface area contributed by atoms with Crippen molar-refractivity contribution in [2.24, 2.45) is 0 Å². The van der Waals surface area contributed by atoms with E-state index in [1.54, 1.807) is 29.2 Å². The zero-order valence-corrected chi connectivity index (χ0v) is 14.5. The molecule has 0 radical (unpaired) electrons. The first-order valence-electron chi connectivity index (χ1n) is 8.02. The summed E-state index contributed by atoms with van der Waals surface area (Å²) in [5, 5.41) is 2.89. The van der Waals surface area contributed by atoms with Gasteiger partial charge in [0.25, 0.3) is 5.91 Å². The lowest BCUT2D eigenvalue weighted by molar-refractivity contribution is -0.119. The van der Waals surface area contributed by atoms with Gasteiger partial charge in [-0.25, -0.2) is 9.78 Å². The van der Waals surface area contributed by atoms with Crippen LogP contribution in [-0.2, 0) is 14.3 Å². The number of amides is 2. The normalized spacial score (nSPS) is 13.6. The van der Waals surface area contributed by atoms with Crippen LogP contribution in [0.4, 0.5) is 11.4 Å². The van der Waals surface area contributed by atoms with E-state index in [2.05, 4.69) is 10.3 Å². The molecule has 8 heteroatoms. The van der Waals surface area contributed by atoms with Gasteiger partial charge in [-0.2, -0.15) is 0 Å². The topological polar surface area (TPSA) is 88.6 Å². The van der Waals surface area contributed by atoms with Gasteiger partial charge in [-0.15, -0.1) is 0 Å². The van der Waals surface area contributed by atoms with Crippen molar-refractivity contribution in [3.05, 3.63) is 53.3 Å². The minimum Gasteiger partial charge on any atom is -0.452 e. The molecule has 7 nitrogen and oxygen atoms in total. The summed E-state index contributed by atoms with van der Waals surface area (Å²) in [6, 6.07) is 9.86. The van der Waals surface area contributed by atoms with Gasteiger partial charge < -0.3 is 15.0 Å². The van der Waals surface area contributed by atoms with Gasteiger partial charge in [-0.05, 0) is 42.8 Å². The summed E-state index contributed by atoms with van der Waals surface area (Å²) in [4.78, 5) is 40.9. The van der Waals surface area contributed by atoms with Crippen LogP contribution >= 0.6 is 11.6 Å². The van der Waals surface area contributed by atoms with E-state index in [1.165, 1.54) is 18.3 Å². The zero-order valence-electron chi connectivity index (χ0n) is 13.8. The third kappa shape index (κ3) is 4.37. The number of hydrogen-bond acceptors (Lipinski definition) is 5. The molecule has 0 bridgehead atoms. The molecule has 2 aromatic rings. The van der Waals surface area contributed by atoms with Crippen molar-refractivity contribution in [1.82, 2.24) is 4.98 Å². The second-order valence-electron chi connectivity index (χ2n) is 5.69. The molecule has 2 heterocycles. The summed E-state index contributed by atoms with van der Waals surface area (Å²) in [6.45, 7) is 0.286. The van der Waals surface area contributed by atoms with Crippen molar-refractivity contribution in [3.63, 3.8) is 0 Å². The molecule has 134 valence electrons. The van der Waals surface area contributed by atoms with Gasteiger partial charge in [0, 0.05) is 30.5 Å². The summed E-state index contributed by atoms with van der Waals surface area (Å²) in [5.74, 6) is -1.03. The second-order valence-corrected chi connectivity index (χ2v) is 6.08. The molecule has 1 aliphatic rings. The largest absolute Gasteiger partial charge is 0.452 e. The van der Waals surface area contributed by atoms with Crippen molar-refractivity contribution >= 4 is 40.8 Å². The maximum atomic E-state index is 11.9. The Balaban J connectivity index is 1.50. The summed E-state index contributed by atoms with van der Waals surface area (Å²) >= 11 is 5.65. The van der Waals surface area contributed by atoms with Crippen LogP contribution in [0.2, 0.25) is 5.15 Å². The van der Waals surface area contributed by atoms with E-state index in [-0.39, 0.29) is 16.6 Å². The van der Waals surface area contributed by atoms with E-state index in [0.29, 0.717) is 18.7 Å². The van der Waals surface area contributed by atoms with Gasteiger partial charge in [0.2, 0.25) is 5.91 Å². The standard InChI is InChI=1S/C18H16ClN3O4/c19-15-8-3-12(10-20-15)18(25)26-11-16(23)21-13-4-6-14(7-5-13)22-9-1-2-17(22)24/h3-8,10H,1-2,9,11H2,(H,21,23). The number of carbonyl (C=O) groups excluding carboxylic acids is 3. The fraction of sp³-hybridized carbons (Fsp3) is 0.222. The monoisotopic (exact) mass is 373 g/mol. The third-order valence-electron chi connectivity index (χ3n) is 3.83. The molecule has 1 aromatic heterocycles. The van der Waals surface area contributed by atoms with Crippen LogP contribution < -0.4 is 10.2 Å². The van der Waals surface area contributed by atoms with Gasteiger partial charge in [0.15, 0.2) is 6.61 Å². The van der Waals surface area contributed by atoms with Crippen molar-refractivity contribution in [1.29, 1.82) is 0 Å². The minimum absolute atomic E-state index is 0.102. The highest BCUT2D eigenvalue weighted by Crippen LogP contribution is 2.23. The van der Waals surface area contributed by atoms with Crippen LogP contribution in [0.3, 0.4) is 0 Å². The summed E-state index contributed by atoms with van der Waals surface area (Å²) < 4.78 is 4.93. The molecule has 1 aromatic carbocycles. The Bertz CT molecular complexity index is 821. The molecule has 2 amide bonds. The highest BCUT2D eigenvalue weighted by atomic mass is 35.5. The number of nitrogens with one attached hydrogen (secondary N) is 1. The first-order chi connectivity index (χ1) is 12.5. The molecule has 0 saturated carbocycles. The first-order valence-corrected chi connectivity index (χ1v) is 8.40. The number of ether oxygens (including phenoxy) is 1. The SMILES string of the molecule is O=C(COC(=O)c1ccc(Cl)nc1)Nc1ccc(N2CCCC2=O)cc1. The third-order valence-corrected chi connectivity index (χ3v) is 4.06. The Kier molecular flexibility index (Phi) is 5.48. The van der Waals surface area contributed by atoms with Gasteiger partial charge in [0.1, 0.15) is 5.15 Å². The quantitative estimate of drug-likeness (QED) is 0.643. The second kappa shape index (κ2) is 7.97. The van der Waals surface area contributed by atoms with Crippen molar-refractivity contribution in [3.8, 4) is 0 Å². The highest BCUT2D eigenvalue weighted by molar-refractivity contribution is 6.29. The number of esters is 1. The molecule has 1 N–H and O–H groups in total. The Labute approximate surface area is 154 Å². The Hall–Kier alpha value is -2.93. The Morgan fingerprint density at radius 2 is 1.96 bits per heavy atom. The number of hydrogen-bond donors (Lipinski definition) is 1. The lowest BCUT2D eigenvalue weighted by Gasteiger charge is -2.16. The predicted octanol–water partition coefficient (Wildman–Crippen LogP) is 2.66. The van der Waals surface area contributed by atoms with Gasteiger partial charge in [0.05, 0.1) is 5.56 Å². The van der Waals surface area contributed by atoms with E-state index >= 15 is 0 Å². The number of aromatic nitrogens is 1. The Morgan fingerprint density at radius 1 is 1.19 bits per heavy atom. The zero-order chi connectivity index (χ0) is 18.5. The average Bonchev–Trinajstić information content (AvgIpc) is 3.07. The van der Waals surface area contributed by atoms with Gasteiger partial charge >= 0.3 is 5.97 Å². The molecule has 0 spiro atoms. The highest BCUT2D eigenvalue weighted by Gasteiger charge is 2.21. The summed E-state index contributed by atoms with van der Waals surface area (Å²) in [6.07, 6.45) is 2.69. The average molecular weight is 374 g/mol. The number of nitrogens with zero attached hydrogens (tertiary/aromatic N) is 2. The number of benzene rings is 1. The summed E-state index contributed by atoms with van der Waals surface area (Å²) in [5.41, 5.74) is 1.56. The van der Waals surface area contributed by atoms with Gasteiger partial charge in [-0.1, -0.05) is 11.6 Å². The smallest absolute Gasteiger partial charge is 0.340 e. The van der Waals surface area contributed by atoms with Crippen molar-refractivity contribution in [2.75, 3.05) is 23.4 Å². The van der Waals surface area contributed by atoms with Crippen LogP contribution in [0, 0.1) is 0 Å². The number of carbonyl (C=O) groups is 3. The first kappa shape index (κ1) is 17.9. The van der Waals surface area contributed by atoms with Crippen molar-refractivity contribution in [2.45, 2.75) is 12.8 Å². The Morgan fingerprint density at radius 3 is 2.58 bits per heavy atom. The fourth-order valence-corrected chi connectivity index (χ4v) is 2.67. The van der Waals surface area contributed by atoms with E-state index in [4.69, 9.17) is 16.3 Å². The number of rotatable bonds is 5.